The van der Waals surface area contributed by atoms with Crippen LogP contribution in [0.4, 0.5) is 10.1 Å². The van der Waals surface area contributed by atoms with Gasteiger partial charge in [0.15, 0.2) is 0 Å². The van der Waals surface area contributed by atoms with E-state index in [1.165, 1.54) is 30.3 Å². The van der Waals surface area contributed by atoms with Crippen LogP contribution in [0.2, 0.25) is 5.02 Å². The van der Waals surface area contributed by atoms with Gasteiger partial charge in [-0.15, -0.1) is 0 Å². The van der Waals surface area contributed by atoms with Gasteiger partial charge >= 0.3 is 0 Å². The Balaban J connectivity index is 2.41. The highest BCUT2D eigenvalue weighted by Crippen LogP contribution is 2.25. The molecule has 0 fully saturated rings. The molecule has 0 heterocycles. The first-order chi connectivity index (χ1) is 9.83. The minimum absolute atomic E-state index is 0.0354. The van der Waals surface area contributed by atoms with E-state index in [0.29, 0.717) is 15.1 Å². The molecule has 2 aromatic rings. The number of sulfonamides is 1. The number of nitrogens with one attached hydrogen (secondary N) is 1. The zero-order valence-corrected chi connectivity index (χ0v) is 13.8. The van der Waals surface area contributed by atoms with Crippen molar-refractivity contribution in [3.05, 3.63) is 57.3 Å². The van der Waals surface area contributed by atoms with Crippen LogP contribution in [0.5, 0.6) is 0 Å². The fourth-order valence-corrected chi connectivity index (χ4v) is 3.32. The molecule has 4 nitrogen and oxygen atoms in total. The van der Waals surface area contributed by atoms with Gasteiger partial charge in [-0.1, -0.05) is 27.5 Å². The van der Waals surface area contributed by atoms with Gasteiger partial charge in [0, 0.05) is 16.0 Å². The van der Waals surface area contributed by atoms with Gasteiger partial charge in [0.05, 0.1) is 10.6 Å². The molecule has 0 aliphatic rings. The predicted octanol–water partition coefficient (Wildman–Crippen LogP) is 3.50. The van der Waals surface area contributed by atoms with Gasteiger partial charge in [0.1, 0.15) is 5.82 Å². The maximum absolute atomic E-state index is 13.6. The van der Waals surface area contributed by atoms with Crippen molar-refractivity contribution in [3.63, 3.8) is 0 Å². The molecular weight excluding hydrogens is 383 g/mol. The Kier molecular flexibility index (Phi) is 4.88. The Bertz CT molecular complexity index is 784. The molecule has 0 saturated carbocycles. The molecule has 0 saturated heterocycles. The predicted molar refractivity (Wildman–Crippen MR) is 84.3 cm³/mol. The Labute approximate surface area is 135 Å². The van der Waals surface area contributed by atoms with E-state index in [0.717, 1.165) is 6.07 Å². The second-order valence-corrected chi connectivity index (χ2v) is 7.19. The highest BCUT2D eigenvalue weighted by atomic mass is 79.9. The van der Waals surface area contributed by atoms with E-state index in [1.807, 2.05) is 0 Å². The van der Waals surface area contributed by atoms with Crippen molar-refractivity contribution < 1.29 is 12.8 Å². The minimum atomic E-state index is -3.93. The van der Waals surface area contributed by atoms with Crippen LogP contribution < -0.4 is 10.5 Å². The van der Waals surface area contributed by atoms with Gasteiger partial charge in [-0.05, 0) is 42.0 Å². The lowest BCUT2D eigenvalue weighted by molar-refractivity contribution is 0.598. The molecule has 0 aliphatic carbocycles. The summed E-state index contributed by atoms with van der Waals surface area (Å²) in [6.07, 6.45) is 0. The van der Waals surface area contributed by atoms with E-state index in [1.54, 1.807) is 0 Å². The van der Waals surface area contributed by atoms with Crippen LogP contribution in [0.15, 0.2) is 45.8 Å². The molecule has 3 N–H and O–H groups in total. The van der Waals surface area contributed by atoms with Crippen LogP contribution in [-0.2, 0) is 16.6 Å². The smallest absolute Gasteiger partial charge is 0.261 e. The lowest BCUT2D eigenvalue weighted by Gasteiger charge is -2.11. The molecule has 8 heteroatoms. The van der Waals surface area contributed by atoms with E-state index >= 15 is 0 Å². The first-order valence-electron chi connectivity index (χ1n) is 5.80. The first-order valence-corrected chi connectivity index (χ1v) is 8.45. The molecular formula is C13H11BrClFN2O2S. The Morgan fingerprint density at radius 2 is 1.95 bits per heavy atom. The summed E-state index contributed by atoms with van der Waals surface area (Å²) in [5, 5.41) is 0.380. The van der Waals surface area contributed by atoms with Gasteiger partial charge in [-0.25, -0.2) is 12.8 Å². The molecule has 2 rings (SSSR count). The normalized spacial score (nSPS) is 11.4. The number of benzene rings is 2. The quantitative estimate of drug-likeness (QED) is 0.835. The van der Waals surface area contributed by atoms with Crippen LogP contribution in [0.25, 0.3) is 0 Å². The molecule has 0 radical (unpaired) electrons. The van der Waals surface area contributed by atoms with Crippen molar-refractivity contribution in [2.45, 2.75) is 11.4 Å². The number of halogens is 3. The Morgan fingerprint density at radius 3 is 2.62 bits per heavy atom. The monoisotopic (exact) mass is 392 g/mol. The average Bonchev–Trinajstić information content (AvgIpc) is 2.43. The van der Waals surface area contributed by atoms with E-state index < -0.39 is 15.8 Å². The van der Waals surface area contributed by atoms with E-state index in [4.69, 9.17) is 17.3 Å². The average molecular weight is 394 g/mol. The Hall–Kier alpha value is -1.15. The first kappa shape index (κ1) is 16.2. The highest BCUT2D eigenvalue weighted by Gasteiger charge is 2.17. The lowest BCUT2D eigenvalue weighted by atomic mass is 10.2. The van der Waals surface area contributed by atoms with Crippen molar-refractivity contribution in [3.8, 4) is 0 Å². The molecule has 0 spiro atoms. The van der Waals surface area contributed by atoms with Crippen LogP contribution in [0, 0.1) is 5.82 Å². The minimum Gasteiger partial charge on any atom is -0.326 e. The number of anilines is 1. The molecule has 0 bridgehead atoms. The summed E-state index contributed by atoms with van der Waals surface area (Å²) in [7, 11) is -3.93. The number of hydrogen-bond acceptors (Lipinski definition) is 3. The maximum atomic E-state index is 13.6. The van der Waals surface area contributed by atoms with Crippen molar-refractivity contribution in [1.29, 1.82) is 0 Å². The van der Waals surface area contributed by atoms with Crippen LogP contribution in [0.1, 0.15) is 5.56 Å². The van der Waals surface area contributed by atoms with Crippen molar-refractivity contribution in [2.75, 3.05) is 4.72 Å². The fourth-order valence-electron chi connectivity index (χ4n) is 1.65. The summed E-state index contributed by atoms with van der Waals surface area (Å²) in [6.45, 7) is 0.105. The third-order valence-corrected chi connectivity index (χ3v) is 4.95. The van der Waals surface area contributed by atoms with E-state index in [-0.39, 0.29) is 17.1 Å². The fraction of sp³-hybridized carbons (Fsp3) is 0.0769. The van der Waals surface area contributed by atoms with Crippen LogP contribution >= 0.6 is 27.5 Å². The highest BCUT2D eigenvalue weighted by molar-refractivity contribution is 9.10. The SMILES string of the molecule is NCc1cc(S(=O)(=O)Nc2cc(Br)ccc2F)ccc1Cl. The van der Waals surface area contributed by atoms with E-state index in [9.17, 15) is 12.8 Å². The third-order valence-electron chi connectivity index (χ3n) is 2.72. The zero-order chi connectivity index (χ0) is 15.6. The van der Waals surface area contributed by atoms with Crippen LogP contribution in [0.3, 0.4) is 0 Å². The van der Waals surface area contributed by atoms with Crippen molar-refractivity contribution in [2.24, 2.45) is 5.73 Å². The molecule has 0 atom stereocenters. The topological polar surface area (TPSA) is 72.2 Å². The molecule has 0 unspecified atom stereocenters. The van der Waals surface area contributed by atoms with Crippen LogP contribution in [-0.4, -0.2) is 8.42 Å². The number of hydrogen-bond donors (Lipinski definition) is 2. The molecule has 21 heavy (non-hydrogen) atoms. The Morgan fingerprint density at radius 1 is 1.24 bits per heavy atom. The number of rotatable bonds is 4. The molecule has 0 amide bonds. The lowest BCUT2D eigenvalue weighted by Crippen LogP contribution is -2.14. The summed E-state index contributed by atoms with van der Waals surface area (Å²) in [5.41, 5.74) is 5.84. The second-order valence-electron chi connectivity index (χ2n) is 4.19. The zero-order valence-electron chi connectivity index (χ0n) is 10.6. The largest absolute Gasteiger partial charge is 0.326 e. The second kappa shape index (κ2) is 6.31. The van der Waals surface area contributed by atoms with E-state index in [2.05, 4.69) is 20.7 Å². The van der Waals surface area contributed by atoms with Gasteiger partial charge in [0.25, 0.3) is 10.0 Å². The van der Waals surface area contributed by atoms with Gasteiger partial charge in [-0.2, -0.15) is 0 Å². The summed E-state index contributed by atoms with van der Waals surface area (Å²) >= 11 is 9.05. The van der Waals surface area contributed by atoms with Crippen molar-refractivity contribution >= 4 is 43.2 Å². The molecule has 0 aliphatic heterocycles. The van der Waals surface area contributed by atoms with Gasteiger partial charge < -0.3 is 5.73 Å². The van der Waals surface area contributed by atoms with Crippen molar-refractivity contribution in [1.82, 2.24) is 0 Å². The summed E-state index contributed by atoms with van der Waals surface area (Å²) in [6, 6.07) is 8.11. The molecule has 112 valence electrons. The third kappa shape index (κ3) is 3.74. The standard InChI is InChI=1S/C13H11BrClFN2O2S/c14-9-1-4-12(16)13(6-9)18-21(19,20)10-2-3-11(15)8(5-10)7-17/h1-6,18H,7,17H2. The number of nitrogens with two attached hydrogens (primary N) is 1. The molecule has 0 aromatic heterocycles. The van der Waals surface area contributed by atoms with Gasteiger partial charge in [0.2, 0.25) is 0 Å². The summed E-state index contributed by atoms with van der Waals surface area (Å²) < 4.78 is 40.9. The molecule has 2 aromatic carbocycles. The summed E-state index contributed by atoms with van der Waals surface area (Å²) in [5.74, 6) is -0.671. The summed E-state index contributed by atoms with van der Waals surface area (Å²) in [4.78, 5) is -0.0354. The maximum Gasteiger partial charge on any atom is 0.261 e. The van der Waals surface area contributed by atoms with Gasteiger partial charge in [-0.3, -0.25) is 4.72 Å².